The van der Waals surface area contributed by atoms with Crippen molar-refractivity contribution in [1.29, 1.82) is 0 Å². The number of benzene rings is 2. The quantitative estimate of drug-likeness (QED) is 0.375. The van der Waals surface area contributed by atoms with Gasteiger partial charge in [0, 0.05) is 22.1 Å². The maximum Gasteiger partial charge on any atom is 0.329 e. The average molecular weight is 462 g/mol. The van der Waals surface area contributed by atoms with Crippen LogP contribution in [0.2, 0.25) is 5.02 Å². The summed E-state index contributed by atoms with van der Waals surface area (Å²) in [5.74, 6) is -0.339. The average Bonchev–Trinajstić information content (AvgIpc) is 3.18. The van der Waals surface area contributed by atoms with Crippen LogP contribution in [0.15, 0.2) is 60.3 Å². The number of nitrogens with one attached hydrogen (secondary N) is 1. The largest absolute Gasteiger partial charge is 0.329 e. The van der Waals surface area contributed by atoms with Crippen molar-refractivity contribution in [3.63, 3.8) is 0 Å². The van der Waals surface area contributed by atoms with Crippen LogP contribution in [0.3, 0.4) is 0 Å². The predicted molar refractivity (Wildman–Crippen MR) is 132 cm³/mol. The van der Waals surface area contributed by atoms with E-state index in [0.29, 0.717) is 5.02 Å². The van der Waals surface area contributed by atoms with Crippen molar-refractivity contribution >= 4 is 29.6 Å². The molecular formula is C27H28ClN3O2. The van der Waals surface area contributed by atoms with Crippen molar-refractivity contribution in [2.75, 3.05) is 0 Å². The van der Waals surface area contributed by atoms with Crippen molar-refractivity contribution in [1.82, 2.24) is 14.8 Å². The number of amides is 3. The number of carbonyl (C=O) groups is 2. The molecule has 0 spiro atoms. The molecule has 4 rings (SSSR count). The van der Waals surface area contributed by atoms with Crippen molar-refractivity contribution in [3.8, 4) is 5.69 Å². The molecule has 0 radical (unpaired) electrons. The van der Waals surface area contributed by atoms with Gasteiger partial charge in [-0.25, -0.2) is 4.79 Å². The highest BCUT2D eigenvalue weighted by molar-refractivity contribution is 6.30. The number of carbonyl (C=O) groups excluding carboxylic acids is 2. The highest BCUT2D eigenvalue weighted by atomic mass is 35.5. The molecule has 0 bridgehead atoms. The fourth-order valence-corrected chi connectivity index (χ4v) is 4.21. The fourth-order valence-electron chi connectivity index (χ4n) is 4.08. The molecule has 33 heavy (non-hydrogen) atoms. The van der Waals surface area contributed by atoms with E-state index in [4.69, 9.17) is 11.6 Å². The third-order valence-electron chi connectivity index (χ3n) is 5.98. The van der Waals surface area contributed by atoms with Crippen molar-refractivity contribution in [2.24, 2.45) is 0 Å². The smallest absolute Gasteiger partial charge is 0.318 e. The first-order chi connectivity index (χ1) is 15.5. The molecular weight excluding hydrogens is 434 g/mol. The van der Waals surface area contributed by atoms with Gasteiger partial charge in [0.25, 0.3) is 5.91 Å². The second-order valence-corrected chi connectivity index (χ2v) is 9.90. The van der Waals surface area contributed by atoms with E-state index in [-0.39, 0.29) is 23.6 Å². The molecule has 0 unspecified atom stereocenters. The van der Waals surface area contributed by atoms with Crippen molar-refractivity contribution in [3.05, 3.63) is 93.4 Å². The Morgan fingerprint density at radius 3 is 2.21 bits per heavy atom. The Hall–Kier alpha value is -3.31. The first kappa shape index (κ1) is 22.9. The highest BCUT2D eigenvalue weighted by Crippen LogP contribution is 2.27. The number of hydrogen-bond acceptors (Lipinski definition) is 2. The number of hydrogen-bond donors (Lipinski definition) is 1. The maximum absolute atomic E-state index is 12.9. The summed E-state index contributed by atoms with van der Waals surface area (Å²) in [5.41, 5.74) is 6.49. The number of nitrogens with zero attached hydrogens (tertiary/aromatic N) is 2. The van der Waals surface area contributed by atoms with Crippen LogP contribution in [0.4, 0.5) is 4.79 Å². The monoisotopic (exact) mass is 461 g/mol. The van der Waals surface area contributed by atoms with E-state index in [2.05, 4.69) is 54.9 Å². The van der Waals surface area contributed by atoms with Gasteiger partial charge < -0.3 is 9.88 Å². The normalized spacial score (nSPS) is 15.5. The Kier molecular flexibility index (Phi) is 5.93. The molecule has 0 atom stereocenters. The van der Waals surface area contributed by atoms with Gasteiger partial charge in [0.2, 0.25) is 0 Å². The number of urea groups is 1. The van der Waals surface area contributed by atoms with E-state index in [1.807, 2.05) is 32.0 Å². The van der Waals surface area contributed by atoms with Gasteiger partial charge in [-0.15, -0.1) is 0 Å². The molecule has 3 amide bonds. The zero-order valence-corrected chi connectivity index (χ0v) is 20.3. The van der Waals surface area contributed by atoms with E-state index in [1.54, 1.807) is 18.2 Å². The van der Waals surface area contributed by atoms with Gasteiger partial charge in [0.05, 0.1) is 6.54 Å². The Labute approximate surface area is 199 Å². The van der Waals surface area contributed by atoms with Crippen LogP contribution in [0, 0.1) is 13.8 Å². The summed E-state index contributed by atoms with van der Waals surface area (Å²) in [7, 11) is 0. The van der Waals surface area contributed by atoms with E-state index in [9.17, 15) is 9.59 Å². The van der Waals surface area contributed by atoms with Gasteiger partial charge in [-0.2, -0.15) is 0 Å². The number of imide groups is 1. The maximum atomic E-state index is 12.9. The fraction of sp³-hybridized carbons (Fsp3) is 0.259. The summed E-state index contributed by atoms with van der Waals surface area (Å²) < 4.78 is 2.16. The molecule has 170 valence electrons. The van der Waals surface area contributed by atoms with Gasteiger partial charge in [-0.1, -0.05) is 56.6 Å². The first-order valence-electron chi connectivity index (χ1n) is 10.9. The van der Waals surface area contributed by atoms with Crippen molar-refractivity contribution < 1.29 is 9.59 Å². The van der Waals surface area contributed by atoms with Gasteiger partial charge in [0.1, 0.15) is 5.70 Å². The molecule has 5 nitrogen and oxygen atoms in total. The van der Waals surface area contributed by atoms with E-state index in [1.165, 1.54) is 10.5 Å². The van der Waals surface area contributed by atoms with Gasteiger partial charge in [0.15, 0.2) is 0 Å². The molecule has 1 aliphatic rings. The Morgan fingerprint density at radius 1 is 0.970 bits per heavy atom. The van der Waals surface area contributed by atoms with E-state index in [0.717, 1.165) is 28.2 Å². The van der Waals surface area contributed by atoms with Gasteiger partial charge >= 0.3 is 6.03 Å². The lowest BCUT2D eigenvalue weighted by molar-refractivity contribution is -0.123. The predicted octanol–water partition coefficient (Wildman–Crippen LogP) is 6.14. The van der Waals surface area contributed by atoms with E-state index < -0.39 is 6.03 Å². The minimum Gasteiger partial charge on any atom is -0.318 e. The third kappa shape index (κ3) is 4.60. The van der Waals surface area contributed by atoms with Crippen LogP contribution in [-0.4, -0.2) is 21.4 Å². The zero-order valence-electron chi connectivity index (χ0n) is 19.6. The van der Waals surface area contributed by atoms with Gasteiger partial charge in [-0.3, -0.25) is 9.69 Å². The molecule has 0 aliphatic carbocycles. The number of rotatable bonds is 4. The summed E-state index contributed by atoms with van der Waals surface area (Å²) in [5, 5.41) is 3.33. The second-order valence-electron chi connectivity index (χ2n) is 9.46. The molecule has 3 aromatic rings. The first-order valence-corrected chi connectivity index (χ1v) is 11.3. The van der Waals surface area contributed by atoms with Gasteiger partial charge in [-0.05, 0) is 72.4 Å². The molecule has 2 heterocycles. The lowest BCUT2D eigenvalue weighted by Crippen LogP contribution is -2.30. The lowest BCUT2D eigenvalue weighted by atomic mass is 9.87. The minimum atomic E-state index is -0.423. The standard InChI is InChI=1S/C27H28ClN3O2/c1-17-14-20(18(2)31(17)23-12-8-21(9-13-23)27(3,4)5)15-24-25(32)30(26(33)29-24)16-19-6-10-22(28)11-7-19/h6-15H,16H2,1-5H3,(H,29,33)/b24-15-. The van der Waals surface area contributed by atoms with Crippen LogP contribution >= 0.6 is 11.6 Å². The lowest BCUT2D eigenvalue weighted by Gasteiger charge is -2.20. The van der Waals surface area contributed by atoms with Crippen LogP contribution < -0.4 is 5.32 Å². The SMILES string of the molecule is Cc1cc(/C=C2\NC(=O)N(Cc3ccc(Cl)cc3)C2=O)c(C)n1-c1ccc(C(C)(C)C)cc1. The minimum absolute atomic E-state index is 0.0911. The Bertz CT molecular complexity index is 1250. The molecule has 1 N–H and O–H groups in total. The molecule has 1 aromatic heterocycles. The third-order valence-corrected chi connectivity index (χ3v) is 6.23. The molecule has 0 saturated carbocycles. The molecule has 6 heteroatoms. The molecule has 2 aromatic carbocycles. The van der Waals surface area contributed by atoms with Crippen LogP contribution in [0.1, 0.15) is 48.8 Å². The van der Waals surface area contributed by atoms with Crippen LogP contribution in [-0.2, 0) is 16.8 Å². The number of aryl methyl sites for hydroxylation is 1. The van der Waals surface area contributed by atoms with E-state index >= 15 is 0 Å². The highest BCUT2D eigenvalue weighted by Gasteiger charge is 2.33. The Morgan fingerprint density at radius 2 is 1.61 bits per heavy atom. The summed E-state index contributed by atoms with van der Waals surface area (Å²) in [6, 6.07) is 17.3. The topological polar surface area (TPSA) is 54.3 Å². The summed E-state index contributed by atoms with van der Waals surface area (Å²) >= 11 is 5.93. The number of halogens is 1. The van der Waals surface area contributed by atoms with Crippen LogP contribution in [0.5, 0.6) is 0 Å². The molecule has 1 fully saturated rings. The summed E-state index contributed by atoms with van der Waals surface area (Å²) in [6.45, 7) is 10.8. The van der Waals surface area contributed by atoms with Crippen molar-refractivity contribution in [2.45, 2.75) is 46.6 Å². The van der Waals surface area contributed by atoms with Crippen LogP contribution in [0.25, 0.3) is 11.8 Å². The Balaban J connectivity index is 1.60. The zero-order chi connectivity index (χ0) is 23.9. The second kappa shape index (κ2) is 8.56. The molecule has 1 saturated heterocycles. The summed E-state index contributed by atoms with van der Waals surface area (Å²) in [4.78, 5) is 26.6. The number of aromatic nitrogens is 1. The molecule has 1 aliphatic heterocycles. The summed E-state index contributed by atoms with van der Waals surface area (Å²) in [6.07, 6.45) is 1.75.